The largest absolute Gasteiger partial charge is 0.480 e. The third-order valence-electron chi connectivity index (χ3n) is 3.69. The molecule has 0 aromatic heterocycles. The van der Waals surface area contributed by atoms with Crippen LogP contribution in [0.4, 0.5) is 0 Å². The molecule has 22 heavy (non-hydrogen) atoms. The van der Waals surface area contributed by atoms with Gasteiger partial charge in [-0.2, -0.15) is 0 Å². The summed E-state index contributed by atoms with van der Waals surface area (Å²) in [6.45, 7) is 9.58. The van der Waals surface area contributed by atoms with Gasteiger partial charge in [0.05, 0.1) is 0 Å². The summed E-state index contributed by atoms with van der Waals surface area (Å²) in [7, 11) is 0. The summed E-state index contributed by atoms with van der Waals surface area (Å²) in [4.78, 5) is 25.3. The Kier molecular flexibility index (Phi) is 12.9. The second kappa shape index (κ2) is 13.6. The van der Waals surface area contributed by atoms with Crippen molar-refractivity contribution in [1.82, 2.24) is 10.2 Å². The molecule has 0 spiro atoms. The van der Waals surface area contributed by atoms with Crippen LogP contribution < -0.4 is 5.32 Å². The number of rotatable bonds is 14. The maximum absolute atomic E-state index is 11.6. The van der Waals surface area contributed by atoms with E-state index in [2.05, 4.69) is 24.1 Å². The fourth-order valence-corrected chi connectivity index (χ4v) is 2.51. The molecular formula is C17H34N2O3. The summed E-state index contributed by atoms with van der Waals surface area (Å²) < 4.78 is 0. The number of carbonyl (C=O) groups excluding carboxylic acids is 1. The van der Waals surface area contributed by atoms with Crippen LogP contribution in [-0.4, -0.2) is 47.6 Å². The van der Waals surface area contributed by atoms with Gasteiger partial charge in [0.1, 0.15) is 6.04 Å². The van der Waals surface area contributed by atoms with E-state index >= 15 is 0 Å². The molecule has 0 heterocycles. The van der Waals surface area contributed by atoms with Crippen molar-refractivity contribution in [2.45, 2.75) is 78.2 Å². The van der Waals surface area contributed by atoms with Gasteiger partial charge in [-0.1, -0.05) is 27.2 Å². The molecule has 0 saturated carbocycles. The maximum atomic E-state index is 11.6. The van der Waals surface area contributed by atoms with Crippen LogP contribution in [-0.2, 0) is 9.59 Å². The van der Waals surface area contributed by atoms with E-state index in [4.69, 9.17) is 0 Å². The van der Waals surface area contributed by atoms with Gasteiger partial charge in [-0.3, -0.25) is 4.79 Å². The Morgan fingerprint density at radius 1 is 0.955 bits per heavy atom. The molecule has 0 aliphatic carbocycles. The molecule has 130 valence electrons. The van der Waals surface area contributed by atoms with Gasteiger partial charge >= 0.3 is 5.97 Å². The minimum atomic E-state index is -0.927. The number of carbonyl (C=O) groups is 2. The van der Waals surface area contributed by atoms with E-state index in [1.54, 1.807) is 0 Å². The average molecular weight is 314 g/mol. The molecule has 0 aliphatic heterocycles. The molecular weight excluding hydrogens is 280 g/mol. The molecule has 0 fully saturated rings. The van der Waals surface area contributed by atoms with E-state index in [9.17, 15) is 14.7 Å². The van der Waals surface area contributed by atoms with Crippen LogP contribution in [0.1, 0.15) is 72.1 Å². The summed E-state index contributed by atoms with van der Waals surface area (Å²) in [6.07, 6.45) is 6.78. The number of carboxylic acids is 1. The first-order chi connectivity index (χ1) is 10.5. The van der Waals surface area contributed by atoms with E-state index < -0.39 is 12.0 Å². The smallest absolute Gasteiger partial charge is 0.326 e. The predicted molar refractivity (Wildman–Crippen MR) is 90.0 cm³/mol. The van der Waals surface area contributed by atoms with Gasteiger partial charge in [0.25, 0.3) is 0 Å². The van der Waals surface area contributed by atoms with E-state index in [-0.39, 0.29) is 5.91 Å². The highest BCUT2D eigenvalue weighted by molar-refractivity contribution is 5.83. The monoisotopic (exact) mass is 314 g/mol. The number of nitrogens with zero attached hydrogens (tertiary/aromatic N) is 1. The van der Waals surface area contributed by atoms with Gasteiger partial charge < -0.3 is 15.3 Å². The first kappa shape index (κ1) is 20.9. The second-order valence-corrected chi connectivity index (χ2v) is 5.90. The lowest BCUT2D eigenvalue weighted by Gasteiger charge is -2.21. The lowest BCUT2D eigenvalue weighted by molar-refractivity contribution is -0.142. The highest BCUT2D eigenvalue weighted by atomic mass is 16.4. The van der Waals surface area contributed by atoms with Crippen molar-refractivity contribution in [1.29, 1.82) is 0 Å². The summed E-state index contributed by atoms with van der Waals surface area (Å²) in [5.41, 5.74) is 0. The number of hydrogen-bond donors (Lipinski definition) is 2. The van der Waals surface area contributed by atoms with E-state index in [1.165, 1.54) is 0 Å². The Bertz CT molecular complexity index is 302. The van der Waals surface area contributed by atoms with Crippen molar-refractivity contribution < 1.29 is 14.7 Å². The molecule has 5 nitrogen and oxygen atoms in total. The van der Waals surface area contributed by atoms with Crippen LogP contribution >= 0.6 is 0 Å². The van der Waals surface area contributed by atoms with Crippen LogP contribution in [0.15, 0.2) is 0 Å². The Morgan fingerprint density at radius 2 is 1.59 bits per heavy atom. The molecule has 0 aromatic rings. The highest BCUT2D eigenvalue weighted by Gasteiger charge is 2.19. The molecule has 5 heteroatoms. The fraction of sp³-hybridized carbons (Fsp3) is 0.882. The van der Waals surface area contributed by atoms with E-state index in [1.807, 2.05) is 6.92 Å². The molecule has 1 atom stereocenters. The van der Waals surface area contributed by atoms with Gasteiger partial charge in [-0.05, 0) is 58.2 Å². The van der Waals surface area contributed by atoms with Crippen molar-refractivity contribution in [3.63, 3.8) is 0 Å². The van der Waals surface area contributed by atoms with Crippen molar-refractivity contribution >= 4 is 11.9 Å². The Hall–Kier alpha value is -1.10. The maximum Gasteiger partial charge on any atom is 0.326 e. The Labute approximate surface area is 135 Å². The summed E-state index contributed by atoms with van der Waals surface area (Å²) in [5.74, 6) is -1.07. The number of carboxylic acid groups (broad SMARTS) is 1. The zero-order valence-corrected chi connectivity index (χ0v) is 14.6. The first-order valence-corrected chi connectivity index (χ1v) is 8.79. The topological polar surface area (TPSA) is 69.6 Å². The number of aliphatic carboxylic acids is 1. The third-order valence-corrected chi connectivity index (χ3v) is 3.69. The van der Waals surface area contributed by atoms with Gasteiger partial charge in [0, 0.05) is 6.42 Å². The van der Waals surface area contributed by atoms with Crippen molar-refractivity contribution in [3.05, 3.63) is 0 Å². The summed E-state index contributed by atoms with van der Waals surface area (Å²) >= 11 is 0. The van der Waals surface area contributed by atoms with Crippen LogP contribution in [0.3, 0.4) is 0 Å². The van der Waals surface area contributed by atoms with Crippen LogP contribution in [0.25, 0.3) is 0 Å². The minimum Gasteiger partial charge on any atom is -0.480 e. The van der Waals surface area contributed by atoms with Crippen molar-refractivity contribution in [2.75, 3.05) is 19.6 Å². The normalized spacial score (nSPS) is 12.4. The molecule has 0 aromatic carbocycles. The number of hydrogen-bond acceptors (Lipinski definition) is 3. The molecule has 1 amide bonds. The van der Waals surface area contributed by atoms with Gasteiger partial charge in [-0.15, -0.1) is 0 Å². The minimum absolute atomic E-state index is 0.146. The van der Waals surface area contributed by atoms with Crippen LogP contribution in [0.5, 0.6) is 0 Å². The highest BCUT2D eigenvalue weighted by Crippen LogP contribution is 2.05. The number of amides is 1. The van der Waals surface area contributed by atoms with Gasteiger partial charge in [0.15, 0.2) is 0 Å². The zero-order chi connectivity index (χ0) is 16.8. The van der Waals surface area contributed by atoms with Gasteiger partial charge in [0.2, 0.25) is 5.91 Å². The van der Waals surface area contributed by atoms with Crippen LogP contribution in [0, 0.1) is 0 Å². The molecule has 2 N–H and O–H groups in total. The Morgan fingerprint density at radius 3 is 2.09 bits per heavy atom. The van der Waals surface area contributed by atoms with Crippen molar-refractivity contribution in [3.8, 4) is 0 Å². The third kappa shape index (κ3) is 10.6. The predicted octanol–water partition coefficient (Wildman–Crippen LogP) is 3.04. The number of unbranched alkanes of at least 4 members (excludes halogenated alkanes) is 2. The van der Waals surface area contributed by atoms with Crippen LogP contribution in [0.2, 0.25) is 0 Å². The average Bonchev–Trinajstić information content (AvgIpc) is 2.48. The molecule has 0 unspecified atom stereocenters. The molecule has 0 bridgehead atoms. The number of nitrogens with one attached hydrogen (secondary N) is 1. The quantitative estimate of drug-likeness (QED) is 0.484. The molecule has 0 aliphatic rings. The van der Waals surface area contributed by atoms with E-state index in [0.717, 1.165) is 58.2 Å². The van der Waals surface area contributed by atoms with Crippen molar-refractivity contribution in [2.24, 2.45) is 0 Å². The molecule has 0 radical (unpaired) electrons. The fourth-order valence-electron chi connectivity index (χ4n) is 2.51. The van der Waals surface area contributed by atoms with E-state index in [0.29, 0.717) is 12.8 Å². The second-order valence-electron chi connectivity index (χ2n) is 5.90. The summed E-state index contributed by atoms with van der Waals surface area (Å²) in [6, 6.07) is -0.741. The SMILES string of the molecule is CCCCC(=O)N[C@@H](CCCCN(CCC)CCC)C(=O)O. The van der Waals surface area contributed by atoms with Gasteiger partial charge in [-0.25, -0.2) is 4.79 Å². The molecule has 0 saturated heterocycles. The zero-order valence-electron chi connectivity index (χ0n) is 14.6. The first-order valence-electron chi connectivity index (χ1n) is 8.79. The molecule has 0 rings (SSSR count). The lowest BCUT2D eigenvalue weighted by atomic mass is 10.1. The lowest BCUT2D eigenvalue weighted by Crippen LogP contribution is -2.40. The standard InChI is InChI=1S/C17H34N2O3/c1-4-7-11-16(20)18-15(17(21)22)10-8-9-14-19(12-5-2)13-6-3/h15H,4-14H2,1-3H3,(H,18,20)(H,21,22)/t15-/m0/s1. The summed E-state index contributed by atoms with van der Waals surface area (Å²) in [5, 5.41) is 11.8. The Balaban J connectivity index is 4.04.